The van der Waals surface area contributed by atoms with E-state index in [0.717, 1.165) is 45.0 Å². The number of piperidine rings is 1. The molecule has 2 heterocycles. The third-order valence-corrected chi connectivity index (χ3v) is 4.94. The zero-order valence-electron chi connectivity index (χ0n) is 14.8. The Balaban J connectivity index is 1.47. The topological polar surface area (TPSA) is 94.1 Å². The number of hydrogen-bond acceptors (Lipinski definition) is 6. The van der Waals surface area contributed by atoms with Gasteiger partial charge >= 0.3 is 12.1 Å². The van der Waals surface area contributed by atoms with Crippen LogP contribution >= 0.6 is 0 Å². The standard InChI is InChI=1S/C18H26N4O4/c23-17(24)13-26-18(25)20-14-1-3-15(4-2-14)21-9-11-22(12-10-21)16-5-7-19-8-6-16/h1-4,16,19H,5-13H2,(H,20,25)(H,23,24). The number of nitrogens with zero attached hydrogens (tertiary/aromatic N) is 2. The molecule has 1 amide bonds. The average molecular weight is 362 g/mol. The number of ether oxygens (including phenoxy) is 1. The fourth-order valence-corrected chi connectivity index (χ4v) is 3.55. The second-order valence-electron chi connectivity index (χ2n) is 6.65. The number of carboxylic acid groups (broad SMARTS) is 1. The van der Waals surface area contributed by atoms with Gasteiger partial charge in [-0.1, -0.05) is 0 Å². The highest BCUT2D eigenvalue weighted by Gasteiger charge is 2.25. The molecule has 1 aromatic rings. The van der Waals surface area contributed by atoms with Crippen LogP contribution in [0, 0.1) is 0 Å². The predicted octanol–water partition coefficient (Wildman–Crippen LogP) is 1.19. The summed E-state index contributed by atoms with van der Waals surface area (Å²) in [7, 11) is 0. The van der Waals surface area contributed by atoms with Crippen molar-refractivity contribution >= 4 is 23.4 Å². The van der Waals surface area contributed by atoms with Crippen molar-refractivity contribution in [1.82, 2.24) is 10.2 Å². The molecule has 8 heteroatoms. The third kappa shape index (κ3) is 5.09. The van der Waals surface area contributed by atoms with Gasteiger partial charge in [-0.25, -0.2) is 9.59 Å². The number of aliphatic carboxylic acids is 1. The SMILES string of the molecule is O=C(O)COC(=O)Nc1ccc(N2CCN(C3CCNCC3)CC2)cc1. The highest BCUT2D eigenvalue weighted by Crippen LogP contribution is 2.21. The van der Waals surface area contributed by atoms with Crippen molar-refractivity contribution in [2.75, 3.05) is 56.1 Å². The van der Waals surface area contributed by atoms with Crippen LogP contribution in [0.2, 0.25) is 0 Å². The van der Waals surface area contributed by atoms with Gasteiger partial charge in [0, 0.05) is 43.6 Å². The number of nitrogens with one attached hydrogen (secondary N) is 2. The van der Waals surface area contributed by atoms with Crippen molar-refractivity contribution in [1.29, 1.82) is 0 Å². The van der Waals surface area contributed by atoms with Crippen molar-refractivity contribution in [3.63, 3.8) is 0 Å². The molecule has 0 radical (unpaired) electrons. The van der Waals surface area contributed by atoms with Gasteiger partial charge in [0.05, 0.1) is 0 Å². The van der Waals surface area contributed by atoms with Crippen LogP contribution in [-0.2, 0) is 9.53 Å². The van der Waals surface area contributed by atoms with E-state index < -0.39 is 18.7 Å². The van der Waals surface area contributed by atoms with Crippen molar-refractivity contribution in [3.05, 3.63) is 24.3 Å². The number of amides is 1. The van der Waals surface area contributed by atoms with Gasteiger partial charge in [0.25, 0.3) is 0 Å². The van der Waals surface area contributed by atoms with Crippen molar-refractivity contribution in [2.45, 2.75) is 18.9 Å². The molecule has 3 N–H and O–H groups in total. The summed E-state index contributed by atoms with van der Waals surface area (Å²) in [5.74, 6) is -1.18. The maximum absolute atomic E-state index is 11.5. The molecule has 0 unspecified atom stereocenters. The molecule has 0 aliphatic carbocycles. The minimum atomic E-state index is -1.18. The lowest BCUT2D eigenvalue weighted by Crippen LogP contribution is -2.52. The fourth-order valence-electron chi connectivity index (χ4n) is 3.55. The molecule has 1 aromatic carbocycles. The van der Waals surface area contributed by atoms with E-state index in [1.165, 1.54) is 12.8 Å². The molecule has 8 nitrogen and oxygen atoms in total. The van der Waals surface area contributed by atoms with Crippen molar-refractivity contribution in [3.8, 4) is 0 Å². The first-order valence-electron chi connectivity index (χ1n) is 9.07. The Morgan fingerprint density at radius 1 is 1.12 bits per heavy atom. The molecule has 0 bridgehead atoms. The summed E-state index contributed by atoms with van der Waals surface area (Å²) in [6, 6.07) is 8.24. The molecule has 3 rings (SSSR count). The monoisotopic (exact) mass is 362 g/mol. The van der Waals surface area contributed by atoms with Crippen molar-refractivity contribution in [2.24, 2.45) is 0 Å². The number of benzene rings is 1. The molecule has 0 aromatic heterocycles. The van der Waals surface area contributed by atoms with E-state index in [4.69, 9.17) is 5.11 Å². The zero-order valence-corrected chi connectivity index (χ0v) is 14.8. The van der Waals surface area contributed by atoms with Crippen LogP contribution in [0.25, 0.3) is 0 Å². The summed E-state index contributed by atoms with van der Waals surface area (Å²) in [4.78, 5) is 26.8. The molecule has 2 fully saturated rings. The normalized spacial score (nSPS) is 19.2. The van der Waals surface area contributed by atoms with E-state index in [1.54, 1.807) is 12.1 Å². The smallest absolute Gasteiger partial charge is 0.412 e. The minimum absolute atomic E-state index is 0.581. The number of hydrogen-bond donors (Lipinski definition) is 3. The second-order valence-corrected chi connectivity index (χ2v) is 6.65. The summed E-state index contributed by atoms with van der Waals surface area (Å²) >= 11 is 0. The lowest BCUT2D eigenvalue weighted by Gasteiger charge is -2.41. The number of carbonyl (C=O) groups is 2. The largest absolute Gasteiger partial charge is 0.479 e. The number of anilines is 2. The van der Waals surface area contributed by atoms with Crippen molar-refractivity contribution < 1.29 is 19.4 Å². The van der Waals surface area contributed by atoms with Crippen LogP contribution < -0.4 is 15.5 Å². The Labute approximate surface area is 153 Å². The van der Waals surface area contributed by atoms with E-state index in [1.807, 2.05) is 12.1 Å². The van der Waals surface area contributed by atoms with Crippen LogP contribution in [0.3, 0.4) is 0 Å². The molecule has 2 aliphatic rings. The highest BCUT2D eigenvalue weighted by atomic mass is 16.6. The molecule has 142 valence electrons. The first-order chi connectivity index (χ1) is 12.6. The number of carboxylic acids is 1. The molecule has 2 aliphatic heterocycles. The van der Waals surface area contributed by atoms with Gasteiger partial charge < -0.3 is 20.1 Å². The van der Waals surface area contributed by atoms with Gasteiger partial charge in [-0.15, -0.1) is 0 Å². The summed E-state index contributed by atoms with van der Waals surface area (Å²) in [5, 5.41) is 14.4. The lowest BCUT2D eigenvalue weighted by atomic mass is 10.0. The molecule has 2 saturated heterocycles. The predicted molar refractivity (Wildman–Crippen MR) is 98.7 cm³/mol. The highest BCUT2D eigenvalue weighted by molar-refractivity contribution is 5.86. The van der Waals surface area contributed by atoms with Gasteiger partial charge in [-0.2, -0.15) is 0 Å². The van der Waals surface area contributed by atoms with Crippen LogP contribution in [0.5, 0.6) is 0 Å². The molecular weight excluding hydrogens is 336 g/mol. The first-order valence-corrected chi connectivity index (χ1v) is 9.07. The van der Waals surface area contributed by atoms with E-state index in [2.05, 4.69) is 25.2 Å². The molecule has 0 spiro atoms. The second kappa shape index (κ2) is 8.86. The van der Waals surface area contributed by atoms with Gasteiger partial charge in [0.2, 0.25) is 0 Å². The Kier molecular flexibility index (Phi) is 6.30. The van der Waals surface area contributed by atoms with E-state index >= 15 is 0 Å². The summed E-state index contributed by atoms with van der Waals surface area (Å²) < 4.78 is 4.55. The Bertz CT molecular complexity index is 608. The van der Waals surface area contributed by atoms with E-state index in [9.17, 15) is 9.59 Å². The summed E-state index contributed by atoms with van der Waals surface area (Å²) in [5.41, 5.74) is 1.71. The Morgan fingerprint density at radius 3 is 2.38 bits per heavy atom. The fraction of sp³-hybridized carbons (Fsp3) is 0.556. The molecule has 0 saturated carbocycles. The lowest BCUT2D eigenvalue weighted by molar-refractivity contribution is -0.140. The summed E-state index contributed by atoms with van der Waals surface area (Å²) in [6.45, 7) is 5.74. The van der Waals surface area contributed by atoms with Gasteiger partial charge in [0.15, 0.2) is 6.61 Å². The van der Waals surface area contributed by atoms with Crippen LogP contribution in [-0.4, -0.2) is 74.0 Å². The summed E-state index contributed by atoms with van der Waals surface area (Å²) in [6.07, 6.45) is 1.70. The number of rotatable bonds is 5. The maximum Gasteiger partial charge on any atom is 0.412 e. The third-order valence-electron chi connectivity index (χ3n) is 4.94. The average Bonchev–Trinajstić information content (AvgIpc) is 2.68. The van der Waals surface area contributed by atoms with Crippen LogP contribution in [0.15, 0.2) is 24.3 Å². The van der Waals surface area contributed by atoms with Gasteiger partial charge in [-0.3, -0.25) is 10.2 Å². The van der Waals surface area contributed by atoms with E-state index in [0.29, 0.717) is 11.7 Å². The molecular formula is C18H26N4O4. The molecule has 0 atom stereocenters. The first kappa shape index (κ1) is 18.5. The van der Waals surface area contributed by atoms with Gasteiger partial charge in [0.1, 0.15) is 0 Å². The maximum atomic E-state index is 11.5. The zero-order chi connectivity index (χ0) is 18.4. The van der Waals surface area contributed by atoms with E-state index in [-0.39, 0.29) is 0 Å². The number of piperazine rings is 1. The number of carbonyl (C=O) groups excluding carboxylic acids is 1. The Morgan fingerprint density at radius 2 is 1.77 bits per heavy atom. The van der Waals surface area contributed by atoms with Gasteiger partial charge in [-0.05, 0) is 50.2 Å². The minimum Gasteiger partial charge on any atom is -0.479 e. The Hall–Kier alpha value is -2.32. The quantitative estimate of drug-likeness (QED) is 0.724. The van der Waals surface area contributed by atoms with Crippen LogP contribution in [0.1, 0.15) is 12.8 Å². The molecule has 26 heavy (non-hydrogen) atoms. The van der Waals surface area contributed by atoms with Crippen LogP contribution in [0.4, 0.5) is 16.2 Å².